The molecule has 2 aliphatic heterocycles. The number of amides is 3. The molecule has 10 nitrogen and oxygen atoms in total. The first-order chi connectivity index (χ1) is 16.6. The number of hydrogen-bond donors (Lipinski definition) is 2. The van der Waals surface area contributed by atoms with Gasteiger partial charge in [-0.3, -0.25) is 14.4 Å². The van der Waals surface area contributed by atoms with Gasteiger partial charge in [0.05, 0.1) is 10.6 Å². The summed E-state index contributed by atoms with van der Waals surface area (Å²) in [6, 6.07) is 9.51. The van der Waals surface area contributed by atoms with Gasteiger partial charge >= 0.3 is 0 Å². The Morgan fingerprint density at radius 1 is 1.11 bits per heavy atom. The lowest BCUT2D eigenvalue weighted by Crippen LogP contribution is -2.50. The lowest BCUT2D eigenvalue weighted by molar-refractivity contribution is -0.123. The maximum absolute atomic E-state index is 13.2. The van der Waals surface area contributed by atoms with E-state index in [-0.39, 0.29) is 48.8 Å². The summed E-state index contributed by atoms with van der Waals surface area (Å²) in [6.07, 6.45) is -0.0933. The largest absolute Gasteiger partial charge is 0.478 e. The van der Waals surface area contributed by atoms with E-state index in [1.165, 1.54) is 23.4 Å². The number of carbonyl (C=O) groups excluding carboxylic acids is 3. The van der Waals surface area contributed by atoms with E-state index in [9.17, 15) is 22.8 Å². The predicted octanol–water partition coefficient (Wildman–Crippen LogP) is 2.21. The van der Waals surface area contributed by atoms with E-state index in [1.807, 2.05) is 13.8 Å². The van der Waals surface area contributed by atoms with Gasteiger partial charge < -0.3 is 20.3 Å². The molecule has 1 fully saturated rings. The highest BCUT2D eigenvalue weighted by atomic mass is 32.2. The SMILES string of the molecule is CC[C@H]1Oc2ccc(S(=O)(=O)N3CCN(C(=O)c4ccc(C)c(NC(C)=O)c4)CC3)cc2NC1=O. The second-order valence-corrected chi connectivity index (χ2v) is 10.5. The van der Waals surface area contributed by atoms with Crippen LogP contribution in [0.15, 0.2) is 41.3 Å². The molecule has 1 saturated heterocycles. The van der Waals surface area contributed by atoms with Crippen molar-refractivity contribution >= 4 is 39.1 Å². The Labute approximate surface area is 204 Å². The normalized spacial score (nSPS) is 18.3. The third-order valence-corrected chi connectivity index (χ3v) is 7.99. The number of rotatable bonds is 5. The molecule has 11 heteroatoms. The second kappa shape index (κ2) is 9.67. The van der Waals surface area contributed by atoms with Crippen LogP contribution in [0.2, 0.25) is 0 Å². The van der Waals surface area contributed by atoms with Crippen LogP contribution in [0.3, 0.4) is 0 Å². The van der Waals surface area contributed by atoms with E-state index >= 15 is 0 Å². The first-order valence-electron chi connectivity index (χ1n) is 11.4. The summed E-state index contributed by atoms with van der Waals surface area (Å²) in [7, 11) is -3.83. The monoisotopic (exact) mass is 500 g/mol. The number of hydrogen-bond acceptors (Lipinski definition) is 6. The van der Waals surface area contributed by atoms with Gasteiger partial charge in [0.1, 0.15) is 5.75 Å². The Balaban J connectivity index is 1.45. The molecule has 1 atom stereocenters. The number of ether oxygens (including phenoxy) is 1. The van der Waals surface area contributed by atoms with E-state index < -0.39 is 16.1 Å². The number of sulfonamides is 1. The quantitative estimate of drug-likeness (QED) is 0.649. The molecule has 0 aromatic heterocycles. The standard InChI is InChI=1S/C24H28N4O6S/c1-4-21-23(30)26-20-14-18(7-8-22(20)34-21)35(32,33)28-11-9-27(10-12-28)24(31)17-6-5-15(2)19(13-17)25-16(3)29/h5-8,13-14,21H,4,9-12H2,1-3H3,(H,25,29)(H,26,30)/t21-/m1/s1. The minimum atomic E-state index is -3.83. The molecule has 2 aliphatic rings. The zero-order valence-corrected chi connectivity index (χ0v) is 20.6. The van der Waals surface area contributed by atoms with E-state index in [0.717, 1.165) is 5.56 Å². The lowest BCUT2D eigenvalue weighted by atomic mass is 10.1. The maximum Gasteiger partial charge on any atom is 0.265 e. The van der Waals surface area contributed by atoms with E-state index in [0.29, 0.717) is 29.1 Å². The lowest BCUT2D eigenvalue weighted by Gasteiger charge is -2.34. The van der Waals surface area contributed by atoms with Crippen molar-refractivity contribution in [1.82, 2.24) is 9.21 Å². The third-order valence-electron chi connectivity index (χ3n) is 6.10. The van der Waals surface area contributed by atoms with Gasteiger partial charge in [0.15, 0.2) is 6.10 Å². The molecule has 0 radical (unpaired) electrons. The van der Waals surface area contributed by atoms with Crippen LogP contribution in [0.1, 0.15) is 36.2 Å². The molecule has 0 aliphatic carbocycles. The first-order valence-corrected chi connectivity index (χ1v) is 12.8. The molecule has 0 saturated carbocycles. The molecule has 186 valence electrons. The maximum atomic E-state index is 13.2. The summed E-state index contributed by atoms with van der Waals surface area (Å²) in [5.74, 6) is -0.329. The average molecular weight is 501 g/mol. The van der Waals surface area contributed by atoms with Gasteiger partial charge in [0.2, 0.25) is 15.9 Å². The van der Waals surface area contributed by atoms with Gasteiger partial charge in [-0.2, -0.15) is 4.31 Å². The Kier molecular flexibility index (Phi) is 6.82. The molecule has 0 bridgehead atoms. The molecule has 2 N–H and O–H groups in total. The summed E-state index contributed by atoms with van der Waals surface area (Å²) in [5, 5.41) is 5.42. The number of aryl methyl sites for hydroxylation is 1. The number of fused-ring (bicyclic) bond motifs is 1. The molecule has 0 spiro atoms. The van der Waals surface area contributed by atoms with Gasteiger partial charge in [0.25, 0.3) is 11.8 Å². The smallest absolute Gasteiger partial charge is 0.265 e. The third kappa shape index (κ3) is 5.01. The molecule has 2 aromatic rings. The van der Waals surface area contributed by atoms with Crippen LogP contribution in [0.5, 0.6) is 5.75 Å². The number of anilines is 2. The molecule has 2 aromatic carbocycles. The van der Waals surface area contributed by atoms with Crippen LogP contribution >= 0.6 is 0 Å². The fraction of sp³-hybridized carbons (Fsp3) is 0.375. The Morgan fingerprint density at radius 2 is 1.83 bits per heavy atom. The molecular weight excluding hydrogens is 472 g/mol. The van der Waals surface area contributed by atoms with Crippen LogP contribution in [0, 0.1) is 6.92 Å². The number of benzene rings is 2. The van der Waals surface area contributed by atoms with Crippen LogP contribution in [0.25, 0.3) is 0 Å². The van der Waals surface area contributed by atoms with Crippen molar-refractivity contribution in [3.63, 3.8) is 0 Å². The van der Waals surface area contributed by atoms with Crippen LogP contribution in [-0.2, 0) is 19.6 Å². The van der Waals surface area contributed by atoms with Gasteiger partial charge in [-0.05, 0) is 49.2 Å². The highest BCUT2D eigenvalue weighted by molar-refractivity contribution is 7.89. The highest BCUT2D eigenvalue weighted by Crippen LogP contribution is 2.33. The minimum absolute atomic E-state index is 0.0494. The minimum Gasteiger partial charge on any atom is -0.478 e. The molecule has 2 heterocycles. The van der Waals surface area contributed by atoms with Crippen molar-refractivity contribution in [2.24, 2.45) is 0 Å². The van der Waals surface area contributed by atoms with Crippen molar-refractivity contribution < 1.29 is 27.5 Å². The van der Waals surface area contributed by atoms with Crippen LogP contribution in [-0.4, -0.2) is 67.6 Å². The Hall–Kier alpha value is -3.44. The predicted molar refractivity (Wildman–Crippen MR) is 130 cm³/mol. The van der Waals surface area contributed by atoms with Crippen LogP contribution in [0.4, 0.5) is 11.4 Å². The second-order valence-electron chi connectivity index (χ2n) is 8.57. The molecule has 4 rings (SSSR count). The van der Waals surface area contributed by atoms with Gasteiger partial charge in [-0.25, -0.2) is 8.42 Å². The van der Waals surface area contributed by atoms with Crippen molar-refractivity contribution in [3.8, 4) is 5.75 Å². The van der Waals surface area contributed by atoms with Crippen molar-refractivity contribution in [1.29, 1.82) is 0 Å². The number of nitrogens with zero attached hydrogens (tertiary/aromatic N) is 2. The molecule has 3 amide bonds. The van der Waals surface area contributed by atoms with Crippen LogP contribution < -0.4 is 15.4 Å². The molecule has 35 heavy (non-hydrogen) atoms. The zero-order valence-electron chi connectivity index (χ0n) is 19.8. The van der Waals surface area contributed by atoms with E-state index in [4.69, 9.17) is 4.74 Å². The van der Waals surface area contributed by atoms with Crippen molar-refractivity contribution in [3.05, 3.63) is 47.5 Å². The summed E-state index contributed by atoms with van der Waals surface area (Å²) in [5.41, 5.74) is 2.15. The zero-order chi connectivity index (χ0) is 25.3. The summed E-state index contributed by atoms with van der Waals surface area (Å²) in [6.45, 7) is 5.79. The fourth-order valence-corrected chi connectivity index (χ4v) is 5.55. The van der Waals surface area contributed by atoms with E-state index in [1.54, 1.807) is 29.2 Å². The Bertz CT molecular complexity index is 1280. The average Bonchev–Trinajstić information content (AvgIpc) is 2.84. The fourth-order valence-electron chi connectivity index (χ4n) is 4.10. The first kappa shape index (κ1) is 24.7. The summed E-state index contributed by atoms with van der Waals surface area (Å²) < 4.78 is 33.4. The highest BCUT2D eigenvalue weighted by Gasteiger charge is 2.33. The molecule has 0 unspecified atom stereocenters. The summed E-state index contributed by atoms with van der Waals surface area (Å²) >= 11 is 0. The van der Waals surface area contributed by atoms with Gasteiger partial charge in [-0.1, -0.05) is 13.0 Å². The number of nitrogens with one attached hydrogen (secondary N) is 2. The summed E-state index contributed by atoms with van der Waals surface area (Å²) in [4.78, 5) is 38.2. The molecular formula is C24H28N4O6S. The van der Waals surface area contributed by atoms with E-state index in [2.05, 4.69) is 10.6 Å². The number of piperazine rings is 1. The van der Waals surface area contributed by atoms with Crippen molar-refractivity contribution in [2.45, 2.75) is 38.2 Å². The topological polar surface area (TPSA) is 125 Å². The Morgan fingerprint density at radius 3 is 2.49 bits per heavy atom. The van der Waals surface area contributed by atoms with Crippen molar-refractivity contribution in [2.75, 3.05) is 36.8 Å². The number of carbonyl (C=O) groups is 3. The van der Waals surface area contributed by atoms with Gasteiger partial charge in [-0.15, -0.1) is 0 Å². The van der Waals surface area contributed by atoms with Gasteiger partial charge in [0, 0.05) is 44.4 Å².